The molecular weight excluding hydrogens is 1200 g/mol. The number of aliphatic hydroxyl groups is 1. The standard InChI is InChI=1S/C37H43N5O5S.C32H35N5O3S.C2H6O/c1-23(2)41-21-26(27-11-6-7-12-30(27)41)19-28(39-36(46)47-37(3,4)5)34(44)38-29-18-25-10-8-13-31(40-16-9-14-32(40)43)33(25)42(35(29)45)20-24-15-17-48-22-24;1-20(2)36-18-23(24-8-3-4-9-27(24)36)15-25(33)31(39)34-26-16-22-7-5-10-28(35-13-6-11-29(35)38)30(22)37(32(26)40)17-21-12-14-41-19-21;1-2-3/h6-8,10-13,15,17,21-23,28-29H,9,14,16,18-20H2,1-5H3,(H,38,44)(H,39,46);3-5,7-10,12,14,18-20,25-26H,6,11,13,15-17,33H2,1-2H3,(H,34,39);3H,2H2,1H3/t28-,29?;25-,26?;/m11./s1. The molecule has 21 heteroatoms. The Labute approximate surface area is 545 Å². The third-order valence-electron chi connectivity index (χ3n) is 16.9. The fourth-order valence-electron chi connectivity index (χ4n) is 12.7. The van der Waals surface area contributed by atoms with Gasteiger partial charge in [-0.05, 0) is 166 Å². The first-order chi connectivity index (χ1) is 44.1. The second-order valence-corrected chi connectivity index (χ2v) is 26.9. The summed E-state index contributed by atoms with van der Waals surface area (Å²) >= 11 is 3.11. The third kappa shape index (κ3) is 14.8. The van der Waals surface area contributed by atoms with E-state index in [0.29, 0.717) is 57.5 Å². The summed E-state index contributed by atoms with van der Waals surface area (Å²) in [4.78, 5) is 101. The minimum absolute atomic E-state index is 0.0386. The molecule has 484 valence electrons. The van der Waals surface area contributed by atoms with Gasteiger partial charge >= 0.3 is 6.09 Å². The van der Waals surface area contributed by atoms with Crippen molar-refractivity contribution in [2.45, 2.75) is 162 Å². The number of carbonyl (C=O) groups is 7. The molecule has 7 amide bonds. The van der Waals surface area contributed by atoms with E-state index in [2.05, 4.69) is 71.1 Å². The van der Waals surface area contributed by atoms with E-state index < -0.39 is 41.8 Å². The maximum Gasteiger partial charge on any atom is 0.408 e. The number of amides is 7. The molecule has 0 saturated carbocycles. The SMILES string of the molecule is CC(C)n1cc(C[C@@H](N)C(=O)NC2Cc3cccc(N4CCCC4=O)c3N(Cc3ccsc3)C2=O)c2ccccc21.CC(C)n1cc(C[C@@H](NC(=O)OC(C)(C)C)C(=O)NC2Cc3cccc(N4CCCC4=O)c3N(Cc3ccsc3)C2=O)c2ccccc21.CCO. The molecule has 4 aromatic heterocycles. The van der Waals surface area contributed by atoms with Gasteiger partial charge in [-0.25, -0.2) is 4.79 Å². The Morgan fingerprint density at radius 2 is 1.08 bits per heavy atom. The number of alkyl carbamates (subject to hydrolysis) is 1. The Balaban J connectivity index is 0.000000195. The van der Waals surface area contributed by atoms with Gasteiger partial charge in [-0.3, -0.25) is 28.8 Å². The Hall–Kier alpha value is -8.63. The predicted octanol–water partition coefficient (Wildman–Crippen LogP) is 10.7. The third-order valence-corrected chi connectivity index (χ3v) is 18.3. The Kier molecular flexibility index (Phi) is 20.8. The van der Waals surface area contributed by atoms with E-state index in [-0.39, 0.29) is 61.1 Å². The fourth-order valence-corrected chi connectivity index (χ4v) is 14.0. The topological polar surface area (TPSA) is 234 Å². The molecule has 2 unspecified atom stereocenters. The predicted molar refractivity (Wildman–Crippen MR) is 364 cm³/mol. The highest BCUT2D eigenvalue weighted by atomic mass is 32.1. The quantitative estimate of drug-likeness (QED) is 0.0578. The fraction of sp³-hybridized carbons (Fsp3) is 0.394. The van der Waals surface area contributed by atoms with Gasteiger partial charge in [-0.1, -0.05) is 60.7 Å². The number of thiophene rings is 2. The lowest BCUT2D eigenvalue weighted by molar-refractivity contribution is -0.129. The zero-order valence-electron chi connectivity index (χ0n) is 53.6. The number of aromatic nitrogens is 2. The molecule has 8 heterocycles. The van der Waals surface area contributed by atoms with Crippen molar-refractivity contribution >= 4 is 109 Å². The summed E-state index contributed by atoms with van der Waals surface area (Å²) in [5.74, 6) is -1.19. The molecule has 4 aromatic carbocycles. The van der Waals surface area contributed by atoms with Crippen LogP contribution in [-0.2, 0) is 72.3 Å². The number of hydrogen-bond donors (Lipinski definition) is 5. The van der Waals surface area contributed by atoms with Gasteiger partial charge < -0.3 is 60.3 Å². The Morgan fingerprint density at radius 1 is 0.630 bits per heavy atom. The summed E-state index contributed by atoms with van der Waals surface area (Å²) < 4.78 is 9.90. The van der Waals surface area contributed by atoms with Crippen molar-refractivity contribution in [2.24, 2.45) is 5.73 Å². The van der Waals surface area contributed by atoms with E-state index in [0.717, 1.165) is 85.1 Å². The summed E-state index contributed by atoms with van der Waals surface area (Å²) in [7, 11) is 0. The normalized spacial score (nSPS) is 17.1. The number of fused-ring (bicyclic) bond motifs is 4. The van der Waals surface area contributed by atoms with Gasteiger partial charge in [-0.15, -0.1) is 0 Å². The summed E-state index contributed by atoms with van der Waals surface area (Å²) in [6.07, 6.45) is 7.09. The summed E-state index contributed by atoms with van der Waals surface area (Å²) in [5.41, 5.74) is 16.4. The second-order valence-electron chi connectivity index (χ2n) is 25.4. The number of benzene rings is 4. The molecule has 0 spiro atoms. The molecule has 4 atom stereocenters. The molecule has 6 N–H and O–H groups in total. The molecule has 0 radical (unpaired) electrons. The number of rotatable bonds is 17. The molecular formula is C71H84N10O9S2. The summed E-state index contributed by atoms with van der Waals surface area (Å²) in [5, 5.41) is 26.4. The maximum absolute atomic E-state index is 14.3. The van der Waals surface area contributed by atoms with Crippen LogP contribution >= 0.6 is 22.7 Å². The average molecular weight is 1290 g/mol. The van der Waals surface area contributed by atoms with Crippen molar-refractivity contribution in [3.8, 4) is 0 Å². The monoisotopic (exact) mass is 1280 g/mol. The molecule has 19 nitrogen and oxygen atoms in total. The van der Waals surface area contributed by atoms with Crippen LogP contribution in [0.5, 0.6) is 0 Å². The van der Waals surface area contributed by atoms with Crippen LogP contribution in [0.4, 0.5) is 27.5 Å². The first-order valence-corrected chi connectivity index (χ1v) is 33.6. The van der Waals surface area contributed by atoms with Gasteiger partial charge in [0.1, 0.15) is 23.7 Å². The summed E-state index contributed by atoms with van der Waals surface area (Å²) in [6, 6.07) is 28.6. The Morgan fingerprint density at radius 3 is 1.49 bits per heavy atom. The van der Waals surface area contributed by atoms with Crippen molar-refractivity contribution in [1.29, 1.82) is 0 Å². The molecule has 12 rings (SSSR count). The van der Waals surface area contributed by atoms with Gasteiger partial charge in [0.25, 0.3) is 0 Å². The van der Waals surface area contributed by atoms with Crippen LogP contribution in [0, 0.1) is 0 Å². The Bertz CT molecular complexity index is 3980. The molecule has 2 saturated heterocycles. The number of nitrogens with zero attached hydrogens (tertiary/aromatic N) is 6. The number of para-hydroxylation sites is 4. The number of nitrogens with one attached hydrogen (secondary N) is 3. The van der Waals surface area contributed by atoms with Crippen LogP contribution in [-0.4, -0.2) is 105 Å². The van der Waals surface area contributed by atoms with Gasteiger partial charge in [0.15, 0.2) is 0 Å². The molecule has 0 bridgehead atoms. The lowest BCUT2D eigenvalue weighted by Gasteiger charge is -2.37. The molecule has 92 heavy (non-hydrogen) atoms. The average Bonchev–Trinajstić information content (AvgIpc) is 2.24. The van der Waals surface area contributed by atoms with Crippen molar-refractivity contribution < 1.29 is 43.4 Å². The van der Waals surface area contributed by atoms with Crippen molar-refractivity contribution in [3.05, 3.63) is 164 Å². The van der Waals surface area contributed by atoms with Gasteiger partial charge in [0.05, 0.1) is 41.9 Å². The molecule has 8 aromatic rings. The van der Waals surface area contributed by atoms with Crippen molar-refractivity contribution in [3.63, 3.8) is 0 Å². The van der Waals surface area contributed by atoms with E-state index in [4.69, 9.17) is 15.6 Å². The van der Waals surface area contributed by atoms with Crippen molar-refractivity contribution in [1.82, 2.24) is 25.1 Å². The molecule has 4 aliphatic heterocycles. The zero-order valence-corrected chi connectivity index (χ0v) is 55.3. The lowest BCUT2D eigenvalue weighted by Crippen LogP contribution is -2.57. The van der Waals surface area contributed by atoms with E-state index in [9.17, 15) is 33.6 Å². The van der Waals surface area contributed by atoms with Gasteiger partial charge in [0.2, 0.25) is 35.4 Å². The van der Waals surface area contributed by atoms with Gasteiger partial charge in [0, 0.05) is 98.1 Å². The van der Waals surface area contributed by atoms with E-state index in [1.54, 1.807) is 70.0 Å². The number of carbonyl (C=O) groups excluding carboxylic acids is 7. The van der Waals surface area contributed by atoms with E-state index >= 15 is 0 Å². The minimum atomic E-state index is -1.01. The van der Waals surface area contributed by atoms with Crippen LogP contribution in [0.1, 0.15) is 127 Å². The maximum atomic E-state index is 14.3. The first kappa shape index (κ1) is 66.3. The number of nitrogens with two attached hydrogens (primary N) is 1. The number of ether oxygens (including phenoxy) is 1. The summed E-state index contributed by atoms with van der Waals surface area (Å²) in [6.45, 7) is 17.6. The zero-order chi connectivity index (χ0) is 65.5. The number of hydrogen-bond acceptors (Lipinski definition) is 12. The van der Waals surface area contributed by atoms with Crippen LogP contribution in [0.15, 0.2) is 131 Å². The highest BCUT2D eigenvalue weighted by Gasteiger charge is 2.41. The number of aliphatic hydroxyl groups excluding tert-OH is 1. The minimum Gasteiger partial charge on any atom is -0.444 e. The van der Waals surface area contributed by atoms with Crippen LogP contribution in [0.2, 0.25) is 0 Å². The molecule has 2 fully saturated rings. The second kappa shape index (κ2) is 28.9. The van der Waals surface area contributed by atoms with E-state index in [1.807, 2.05) is 113 Å². The highest BCUT2D eigenvalue weighted by molar-refractivity contribution is 7.08. The van der Waals surface area contributed by atoms with Crippen LogP contribution in [0.25, 0.3) is 21.8 Å². The van der Waals surface area contributed by atoms with Crippen molar-refractivity contribution in [2.75, 3.05) is 39.3 Å². The first-order valence-electron chi connectivity index (χ1n) is 31.8. The largest absolute Gasteiger partial charge is 0.444 e. The van der Waals surface area contributed by atoms with Crippen LogP contribution in [0.3, 0.4) is 0 Å². The lowest BCUT2D eigenvalue weighted by atomic mass is 9.94. The smallest absolute Gasteiger partial charge is 0.408 e. The number of anilines is 4. The van der Waals surface area contributed by atoms with Crippen LogP contribution < -0.4 is 41.3 Å². The molecule has 4 aliphatic rings. The van der Waals surface area contributed by atoms with Gasteiger partial charge in [-0.2, -0.15) is 22.7 Å². The van der Waals surface area contributed by atoms with E-state index in [1.165, 1.54) is 0 Å². The molecule has 0 aliphatic carbocycles. The highest BCUT2D eigenvalue weighted by Crippen LogP contribution is 2.42.